The maximum absolute atomic E-state index is 6.79. The summed E-state index contributed by atoms with van der Waals surface area (Å²) in [7, 11) is -7.62. The quantitative estimate of drug-likeness (QED) is 0.174. The molecule has 0 spiro atoms. The van der Waals surface area contributed by atoms with Crippen LogP contribution in [0.25, 0.3) is 0 Å². The lowest BCUT2D eigenvalue weighted by molar-refractivity contribution is -0.127. The monoisotopic (exact) mass is 588 g/mol. The van der Waals surface area contributed by atoms with Crippen LogP contribution in [0.4, 0.5) is 5.95 Å². The minimum Gasteiger partial charge on any atom is -0.407 e. The van der Waals surface area contributed by atoms with Crippen LogP contribution < -0.4 is 11.0 Å². The van der Waals surface area contributed by atoms with E-state index in [0.29, 0.717) is 18.0 Å². The molecule has 2 heterocycles. The summed E-state index contributed by atoms with van der Waals surface area (Å²) in [6, 6.07) is 1.94. The van der Waals surface area contributed by atoms with Crippen LogP contribution in [0, 0.1) is 0 Å². The van der Waals surface area contributed by atoms with Gasteiger partial charge in [0.2, 0.25) is 5.95 Å². The number of unbranched alkanes of at least 4 members (excludes halogenated alkanes) is 1. The molecule has 214 valence electrons. The highest BCUT2D eigenvalue weighted by Gasteiger charge is 2.52. The van der Waals surface area contributed by atoms with Gasteiger partial charge in [-0.15, -0.1) is 0 Å². The van der Waals surface area contributed by atoms with Gasteiger partial charge in [0.15, 0.2) is 45.7 Å². The maximum Gasteiger partial charge on any atom is 0.231 e. The van der Waals surface area contributed by atoms with E-state index in [-0.39, 0.29) is 12.2 Å². The highest BCUT2D eigenvalue weighted by molar-refractivity contribution is 6.74. The van der Waals surface area contributed by atoms with Crippen LogP contribution in [0.1, 0.15) is 26.0 Å². The number of anilines is 1. The highest BCUT2D eigenvalue weighted by Crippen LogP contribution is 2.39. The van der Waals surface area contributed by atoms with Gasteiger partial charge in [-0.1, -0.05) is 13.3 Å². The largest absolute Gasteiger partial charge is 0.407 e. The SMILES string of the molecule is CCCCONc1n/c(=N/[Si](C)(C)C)ccn1[C@H]1O[C@@H](O[Si](C)(C)C)C(O[Si](C)(C)C)C1O[Si](C)(C)C. The number of hydrogen-bond donors (Lipinski definition) is 1. The second-order valence-electron chi connectivity index (χ2n) is 13.6. The highest BCUT2D eigenvalue weighted by atomic mass is 28.4. The van der Waals surface area contributed by atoms with Gasteiger partial charge in [0.25, 0.3) is 0 Å². The van der Waals surface area contributed by atoms with Crippen molar-refractivity contribution in [1.82, 2.24) is 9.55 Å². The third kappa shape index (κ3) is 11.5. The predicted octanol–water partition coefficient (Wildman–Crippen LogP) is 5.91. The lowest BCUT2D eigenvalue weighted by atomic mass is 10.2. The second-order valence-corrected chi connectivity index (χ2v) is 31.6. The summed E-state index contributed by atoms with van der Waals surface area (Å²) in [5.74, 6) is 0.533. The van der Waals surface area contributed by atoms with Gasteiger partial charge in [-0.05, 0) is 91.1 Å². The third-order valence-corrected chi connectivity index (χ3v) is 8.73. The molecule has 0 aromatic carbocycles. The Bertz CT molecular complexity index is 935. The van der Waals surface area contributed by atoms with Gasteiger partial charge in [0, 0.05) is 6.20 Å². The van der Waals surface area contributed by atoms with Crippen molar-refractivity contribution in [3.63, 3.8) is 0 Å². The first-order chi connectivity index (χ1) is 16.8. The van der Waals surface area contributed by atoms with E-state index in [0.717, 1.165) is 12.8 Å². The van der Waals surface area contributed by atoms with Crippen molar-refractivity contribution in [3.8, 4) is 0 Å². The fourth-order valence-electron chi connectivity index (χ4n) is 3.78. The molecule has 0 amide bonds. The summed E-state index contributed by atoms with van der Waals surface area (Å²) >= 11 is 0. The van der Waals surface area contributed by atoms with Crippen LogP contribution in [0.2, 0.25) is 78.6 Å². The molecule has 0 aliphatic carbocycles. The molecule has 1 N–H and O–H groups in total. The number of hydrogen-bond acceptors (Lipinski definition) is 8. The van der Waals surface area contributed by atoms with Gasteiger partial charge >= 0.3 is 0 Å². The van der Waals surface area contributed by atoms with Crippen molar-refractivity contribution in [2.45, 2.75) is 123 Å². The Morgan fingerprint density at radius 3 is 1.97 bits per heavy atom. The lowest BCUT2D eigenvalue weighted by Crippen LogP contribution is -2.49. The Morgan fingerprint density at radius 1 is 0.892 bits per heavy atom. The molecule has 37 heavy (non-hydrogen) atoms. The number of ether oxygens (including phenoxy) is 1. The normalized spacial score (nSPS) is 24.1. The van der Waals surface area contributed by atoms with E-state index < -0.39 is 45.7 Å². The van der Waals surface area contributed by atoms with E-state index in [1.807, 2.05) is 16.8 Å². The Labute approximate surface area is 228 Å². The van der Waals surface area contributed by atoms with Crippen LogP contribution in [0.3, 0.4) is 0 Å². The molecule has 1 aliphatic heterocycles. The van der Waals surface area contributed by atoms with E-state index in [2.05, 4.69) is 91.0 Å². The van der Waals surface area contributed by atoms with Crippen molar-refractivity contribution in [2.75, 3.05) is 12.1 Å². The summed E-state index contributed by atoms with van der Waals surface area (Å²) in [6.07, 6.45) is 2.23. The first-order valence-corrected chi connectivity index (χ1v) is 27.2. The van der Waals surface area contributed by atoms with E-state index in [9.17, 15) is 0 Å². The van der Waals surface area contributed by atoms with Gasteiger partial charge in [-0.3, -0.25) is 9.40 Å². The average molecular weight is 589 g/mol. The van der Waals surface area contributed by atoms with Gasteiger partial charge < -0.3 is 22.7 Å². The molecule has 2 unspecified atom stereocenters. The summed E-state index contributed by atoms with van der Waals surface area (Å²) in [6.45, 7) is 28.9. The van der Waals surface area contributed by atoms with Crippen molar-refractivity contribution < 1.29 is 22.9 Å². The minimum absolute atomic E-state index is 0.345. The molecular formula is C24H52N4O5Si4. The Balaban J connectivity index is 2.61. The van der Waals surface area contributed by atoms with Gasteiger partial charge in [-0.2, -0.15) is 4.98 Å². The Kier molecular flexibility index (Phi) is 11.2. The molecule has 0 radical (unpaired) electrons. The molecule has 1 fully saturated rings. The van der Waals surface area contributed by atoms with Gasteiger partial charge in [0.1, 0.15) is 17.7 Å². The first kappa shape index (κ1) is 32.6. The van der Waals surface area contributed by atoms with Gasteiger partial charge in [0.05, 0.1) is 6.61 Å². The molecule has 0 bridgehead atoms. The molecule has 0 saturated carbocycles. The maximum atomic E-state index is 6.79. The molecule has 2 rings (SSSR count). The molecule has 1 aromatic rings. The smallest absolute Gasteiger partial charge is 0.231 e. The lowest BCUT2D eigenvalue weighted by Gasteiger charge is -2.35. The summed E-state index contributed by atoms with van der Waals surface area (Å²) in [4.78, 5) is 10.6. The minimum atomic E-state index is -1.99. The number of nitrogens with zero attached hydrogens (tertiary/aromatic N) is 3. The molecule has 4 atom stereocenters. The van der Waals surface area contributed by atoms with Crippen molar-refractivity contribution in [3.05, 3.63) is 17.8 Å². The molecule has 1 aromatic heterocycles. The van der Waals surface area contributed by atoms with Crippen molar-refractivity contribution >= 4 is 39.1 Å². The number of rotatable bonds is 13. The van der Waals surface area contributed by atoms with E-state index in [1.165, 1.54) is 0 Å². The first-order valence-electron chi connectivity index (χ1n) is 13.5. The molecule has 9 nitrogen and oxygen atoms in total. The van der Waals surface area contributed by atoms with E-state index in [4.69, 9.17) is 32.5 Å². The fourth-order valence-corrected chi connectivity index (χ4v) is 7.61. The topological polar surface area (TPSA) is 88.4 Å². The predicted molar refractivity (Wildman–Crippen MR) is 160 cm³/mol. The second kappa shape index (κ2) is 12.7. The van der Waals surface area contributed by atoms with E-state index >= 15 is 0 Å². The average Bonchev–Trinajstić information content (AvgIpc) is 2.96. The zero-order chi connectivity index (χ0) is 28.2. The van der Waals surface area contributed by atoms with Gasteiger partial charge in [-0.25, -0.2) is 5.48 Å². The van der Waals surface area contributed by atoms with Crippen molar-refractivity contribution in [2.24, 2.45) is 4.66 Å². The van der Waals surface area contributed by atoms with Crippen molar-refractivity contribution in [1.29, 1.82) is 0 Å². The van der Waals surface area contributed by atoms with Crippen LogP contribution in [0.5, 0.6) is 0 Å². The Hall–Kier alpha value is -0.652. The number of aromatic nitrogens is 2. The number of nitrogens with one attached hydrogen (secondary N) is 1. The third-order valence-electron chi connectivity index (χ3n) is 4.93. The zero-order valence-electron chi connectivity index (χ0n) is 25.5. The molecule has 13 heteroatoms. The van der Waals surface area contributed by atoms with Crippen LogP contribution in [-0.2, 0) is 22.9 Å². The summed E-state index contributed by atoms with van der Waals surface area (Å²) in [5.41, 5.74) is 3.76. The zero-order valence-corrected chi connectivity index (χ0v) is 29.5. The standard InChI is InChI=1S/C24H52N4O5Si4/c1-14-15-18-29-26-24-25-19(27-34(2,3)4)16-17-28(24)22-20(31-35(5,6)7)21(32-36(8,9)10)23(30-22)33-37(11,12)13/h16-17,20-23H,14-15,18H2,1-13H3,(H,25,26,27)/t20?,21?,22-,23-/m0/s1. The van der Waals surface area contributed by atoms with E-state index in [1.54, 1.807) is 0 Å². The molecule has 1 aliphatic rings. The molecular weight excluding hydrogens is 537 g/mol. The van der Waals surface area contributed by atoms with Crippen LogP contribution >= 0.6 is 0 Å². The fraction of sp³-hybridized carbons (Fsp3) is 0.833. The van der Waals surface area contributed by atoms with Crippen LogP contribution in [0.15, 0.2) is 16.9 Å². The Morgan fingerprint density at radius 2 is 1.46 bits per heavy atom. The molecule has 1 saturated heterocycles. The summed E-state index contributed by atoms with van der Waals surface area (Å²) < 4.78 is 33.6. The van der Waals surface area contributed by atoms with Crippen LogP contribution in [-0.4, -0.2) is 67.8 Å². The summed E-state index contributed by atoms with van der Waals surface area (Å²) in [5, 5.41) is 0.